The topological polar surface area (TPSA) is 37.3 Å². The van der Waals surface area contributed by atoms with Gasteiger partial charge in [-0.1, -0.05) is 19.1 Å². The van der Waals surface area contributed by atoms with E-state index in [9.17, 15) is 14.3 Å². The fourth-order valence-electron chi connectivity index (χ4n) is 2.36. The van der Waals surface area contributed by atoms with Gasteiger partial charge in [-0.3, -0.25) is 4.79 Å². The summed E-state index contributed by atoms with van der Waals surface area (Å²) < 4.78 is 13.1. The van der Waals surface area contributed by atoms with E-state index < -0.39 is 11.4 Å². The van der Waals surface area contributed by atoms with Gasteiger partial charge in [0.05, 0.1) is 5.41 Å². The molecule has 0 bridgehead atoms. The summed E-state index contributed by atoms with van der Waals surface area (Å²) in [5, 5.41) is 9.28. The first-order chi connectivity index (χ1) is 7.07. The Labute approximate surface area is 87.7 Å². The lowest BCUT2D eigenvalue weighted by Crippen LogP contribution is -2.49. The minimum Gasteiger partial charge on any atom is -0.481 e. The highest BCUT2D eigenvalue weighted by atomic mass is 19.1. The van der Waals surface area contributed by atoms with Crippen LogP contribution < -0.4 is 0 Å². The van der Waals surface area contributed by atoms with Crippen LogP contribution in [-0.2, 0) is 10.2 Å². The SMILES string of the molecule is CC1CCC1(C(=O)O)c1cccc(F)c1. The molecule has 2 rings (SSSR count). The van der Waals surface area contributed by atoms with Crippen molar-refractivity contribution in [1.29, 1.82) is 0 Å². The fourth-order valence-corrected chi connectivity index (χ4v) is 2.36. The molecule has 1 aromatic carbocycles. The Morgan fingerprint density at radius 2 is 2.33 bits per heavy atom. The molecule has 0 radical (unpaired) electrons. The van der Waals surface area contributed by atoms with Crippen LogP contribution in [0.15, 0.2) is 24.3 Å². The van der Waals surface area contributed by atoms with Crippen molar-refractivity contribution in [1.82, 2.24) is 0 Å². The zero-order valence-corrected chi connectivity index (χ0v) is 8.53. The van der Waals surface area contributed by atoms with Gasteiger partial charge in [0.15, 0.2) is 0 Å². The van der Waals surface area contributed by atoms with Crippen LogP contribution in [0.25, 0.3) is 0 Å². The highest BCUT2D eigenvalue weighted by Crippen LogP contribution is 2.48. The van der Waals surface area contributed by atoms with Gasteiger partial charge < -0.3 is 5.11 Å². The summed E-state index contributed by atoms with van der Waals surface area (Å²) in [5.41, 5.74) is -0.268. The predicted octanol–water partition coefficient (Wildman–Crippen LogP) is 2.58. The van der Waals surface area contributed by atoms with Crippen LogP contribution in [0.1, 0.15) is 25.3 Å². The predicted molar refractivity (Wildman–Crippen MR) is 54.1 cm³/mol. The molecule has 0 saturated heterocycles. The molecular formula is C12H13FO2. The van der Waals surface area contributed by atoms with Crippen LogP contribution >= 0.6 is 0 Å². The van der Waals surface area contributed by atoms with Crippen molar-refractivity contribution in [3.05, 3.63) is 35.6 Å². The average molecular weight is 208 g/mol. The number of carboxylic acid groups (broad SMARTS) is 1. The number of hydrogen-bond donors (Lipinski definition) is 1. The van der Waals surface area contributed by atoms with Crippen LogP contribution in [-0.4, -0.2) is 11.1 Å². The van der Waals surface area contributed by atoms with Crippen molar-refractivity contribution in [2.45, 2.75) is 25.2 Å². The molecule has 1 aromatic rings. The normalized spacial score (nSPS) is 29.6. The van der Waals surface area contributed by atoms with E-state index in [4.69, 9.17) is 0 Å². The van der Waals surface area contributed by atoms with Crippen molar-refractivity contribution < 1.29 is 14.3 Å². The van der Waals surface area contributed by atoms with Gasteiger partial charge in [-0.05, 0) is 36.5 Å². The van der Waals surface area contributed by atoms with Crippen molar-refractivity contribution in [2.24, 2.45) is 5.92 Å². The molecule has 15 heavy (non-hydrogen) atoms. The molecule has 1 aliphatic carbocycles. The lowest BCUT2D eigenvalue weighted by Gasteiger charge is -2.44. The molecule has 0 heterocycles. The molecule has 3 heteroatoms. The first-order valence-corrected chi connectivity index (χ1v) is 5.07. The zero-order valence-electron chi connectivity index (χ0n) is 8.53. The molecule has 1 aliphatic rings. The lowest BCUT2D eigenvalue weighted by atomic mass is 9.57. The van der Waals surface area contributed by atoms with E-state index in [1.807, 2.05) is 6.92 Å². The Kier molecular flexibility index (Phi) is 2.25. The first-order valence-electron chi connectivity index (χ1n) is 5.07. The summed E-state index contributed by atoms with van der Waals surface area (Å²) in [6, 6.07) is 5.94. The van der Waals surface area contributed by atoms with Gasteiger partial charge in [0.2, 0.25) is 0 Å². The first kappa shape index (κ1) is 10.1. The molecule has 0 aliphatic heterocycles. The number of hydrogen-bond acceptors (Lipinski definition) is 1. The zero-order chi connectivity index (χ0) is 11.1. The Hall–Kier alpha value is -1.38. The summed E-state index contributed by atoms with van der Waals surface area (Å²) >= 11 is 0. The standard InChI is InChI=1S/C12H13FO2/c1-8-5-6-12(8,11(14)15)9-3-2-4-10(13)7-9/h2-4,7-8H,5-6H2,1H3,(H,14,15). The van der Waals surface area contributed by atoms with E-state index >= 15 is 0 Å². The minimum absolute atomic E-state index is 0.0804. The van der Waals surface area contributed by atoms with Gasteiger partial charge in [-0.2, -0.15) is 0 Å². The maximum absolute atomic E-state index is 13.1. The highest BCUT2D eigenvalue weighted by molar-refractivity contribution is 5.83. The molecule has 1 fully saturated rings. The number of rotatable bonds is 2. The minimum atomic E-state index is -0.859. The van der Waals surface area contributed by atoms with Crippen LogP contribution in [0.3, 0.4) is 0 Å². The van der Waals surface area contributed by atoms with Crippen LogP contribution in [0, 0.1) is 11.7 Å². The van der Waals surface area contributed by atoms with E-state index in [0.717, 1.165) is 6.42 Å². The van der Waals surface area contributed by atoms with Gasteiger partial charge in [0.1, 0.15) is 5.82 Å². The van der Waals surface area contributed by atoms with Crippen molar-refractivity contribution in [2.75, 3.05) is 0 Å². The summed E-state index contributed by atoms with van der Waals surface area (Å²) in [6.45, 7) is 1.91. The van der Waals surface area contributed by atoms with Crippen LogP contribution in [0.5, 0.6) is 0 Å². The number of carboxylic acids is 1. The Morgan fingerprint density at radius 1 is 1.60 bits per heavy atom. The Bertz CT molecular complexity index is 402. The second-order valence-electron chi connectivity index (χ2n) is 4.23. The fraction of sp³-hybridized carbons (Fsp3) is 0.417. The molecule has 2 unspecified atom stereocenters. The van der Waals surface area contributed by atoms with E-state index in [2.05, 4.69) is 0 Å². The quantitative estimate of drug-likeness (QED) is 0.811. The molecule has 1 N–H and O–H groups in total. The molecule has 2 nitrogen and oxygen atoms in total. The summed E-state index contributed by atoms with van der Waals surface area (Å²) in [7, 11) is 0. The van der Waals surface area contributed by atoms with Crippen LogP contribution in [0.4, 0.5) is 4.39 Å². The lowest BCUT2D eigenvalue weighted by molar-refractivity contribution is -0.151. The third-order valence-electron chi connectivity index (χ3n) is 3.53. The molecular weight excluding hydrogens is 195 g/mol. The monoisotopic (exact) mass is 208 g/mol. The van der Waals surface area contributed by atoms with E-state index in [1.54, 1.807) is 12.1 Å². The van der Waals surface area contributed by atoms with E-state index in [0.29, 0.717) is 12.0 Å². The third-order valence-corrected chi connectivity index (χ3v) is 3.53. The maximum Gasteiger partial charge on any atom is 0.314 e. The summed E-state index contributed by atoms with van der Waals surface area (Å²) in [6.07, 6.45) is 1.50. The van der Waals surface area contributed by atoms with Gasteiger partial charge in [0.25, 0.3) is 0 Å². The maximum atomic E-state index is 13.1. The second kappa shape index (κ2) is 3.33. The third kappa shape index (κ3) is 1.34. The van der Waals surface area contributed by atoms with Crippen molar-refractivity contribution >= 4 is 5.97 Å². The molecule has 1 saturated carbocycles. The molecule has 0 aromatic heterocycles. The average Bonchev–Trinajstić information content (AvgIpc) is 2.16. The largest absolute Gasteiger partial charge is 0.481 e. The Morgan fingerprint density at radius 3 is 2.73 bits per heavy atom. The highest BCUT2D eigenvalue weighted by Gasteiger charge is 2.51. The van der Waals surface area contributed by atoms with Crippen molar-refractivity contribution in [3.8, 4) is 0 Å². The number of halogens is 1. The molecule has 0 amide bonds. The van der Waals surface area contributed by atoms with Gasteiger partial charge in [0, 0.05) is 0 Å². The Balaban J connectivity index is 2.47. The van der Waals surface area contributed by atoms with E-state index in [1.165, 1.54) is 12.1 Å². The van der Waals surface area contributed by atoms with Gasteiger partial charge in [-0.15, -0.1) is 0 Å². The van der Waals surface area contributed by atoms with Crippen LogP contribution in [0.2, 0.25) is 0 Å². The number of aliphatic carboxylic acids is 1. The van der Waals surface area contributed by atoms with E-state index in [-0.39, 0.29) is 11.7 Å². The summed E-state index contributed by atoms with van der Waals surface area (Å²) in [4.78, 5) is 11.3. The number of benzene rings is 1. The van der Waals surface area contributed by atoms with Crippen molar-refractivity contribution in [3.63, 3.8) is 0 Å². The number of carbonyl (C=O) groups is 1. The molecule has 0 spiro atoms. The summed E-state index contributed by atoms with van der Waals surface area (Å²) in [5.74, 6) is -1.13. The second-order valence-corrected chi connectivity index (χ2v) is 4.23. The van der Waals surface area contributed by atoms with Gasteiger partial charge in [-0.25, -0.2) is 4.39 Å². The molecule has 80 valence electrons. The molecule has 2 atom stereocenters. The van der Waals surface area contributed by atoms with Gasteiger partial charge >= 0.3 is 5.97 Å². The smallest absolute Gasteiger partial charge is 0.314 e.